The van der Waals surface area contributed by atoms with Crippen LogP contribution in [0.4, 0.5) is 0 Å². The van der Waals surface area contributed by atoms with Crippen molar-refractivity contribution in [2.24, 2.45) is 0 Å². The maximum atomic E-state index is 12.7. The number of amides is 1. The zero-order valence-electron chi connectivity index (χ0n) is 12.8. The number of nitrogens with zero attached hydrogens (tertiary/aromatic N) is 2. The lowest BCUT2D eigenvalue weighted by Crippen LogP contribution is -2.34. The van der Waals surface area contributed by atoms with E-state index in [0.29, 0.717) is 11.5 Å². The van der Waals surface area contributed by atoms with Crippen LogP contribution in [-0.2, 0) is 0 Å². The fourth-order valence-electron chi connectivity index (χ4n) is 3.31. The van der Waals surface area contributed by atoms with Crippen LogP contribution in [-0.4, -0.2) is 33.6 Å². The van der Waals surface area contributed by atoms with Gasteiger partial charge in [0.25, 0.3) is 5.91 Å². The fourth-order valence-corrected chi connectivity index (χ4v) is 3.31. The Kier molecular flexibility index (Phi) is 3.53. The van der Waals surface area contributed by atoms with Crippen molar-refractivity contribution < 1.29 is 4.79 Å². The molecule has 2 atom stereocenters. The summed E-state index contributed by atoms with van der Waals surface area (Å²) < 4.78 is 0. The molecule has 2 aromatic rings. The summed E-state index contributed by atoms with van der Waals surface area (Å²) in [5.41, 5.74) is 4.20. The third-order valence-corrected chi connectivity index (χ3v) is 4.52. The molecule has 3 rings (SSSR count). The van der Waals surface area contributed by atoms with Crippen molar-refractivity contribution in [3.05, 3.63) is 52.8 Å². The lowest BCUT2D eigenvalue weighted by atomic mass is 9.93. The van der Waals surface area contributed by atoms with Gasteiger partial charge in [0.05, 0.1) is 11.8 Å². The lowest BCUT2D eigenvalue weighted by Gasteiger charge is -2.21. The maximum Gasteiger partial charge on any atom is 0.257 e. The Morgan fingerprint density at radius 3 is 2.76 bits per heavy atom. The molecule has 110 valence electrons. The van der Waals surface area contributed by atoms with Crippen molar-refractivity contribution in [1.82, 2.24) is 15.1 Å². The quantitative estimate of drug-likeness (QED) is 0.921. The minimum absolute atomic E-state index is 0.0878. The molecule has 1 aromatic heterocycles. The van der Waals surface area contributed by atoms with E-state index in [2.05, 4.69) is 48.3 Å². The second kappa shape index (κ2) is 5.35. The SMILES string of the molecule is Cc1ccccc1[C@@H]1C[C@@H](C)N(C(=O)c2cn[nH]c2C)C1. The van der Waals surface area contributed by atoms with Crippen LogP contribution in [0, 0.1) is 13.8 Å². The van der Waals surface area contributed by atoms with Gasteiger partial charge in [0.15, 0.2) is 0 Å². The third kappa shape index (κ3) is 2.46. The van der Waals surface area contributed by atoms with Crippen LogP contribution in [0.3, 0.4) is 0 Å². The zero-order chi connectivity index (χ0) is 15.0. The number of hydrogen-bond acceptors (Lipinski definition) is 2. The first-order chi connectivity index (χ1) is 10.1. The van der Waals surface area contributed by atoms with Crippen LogP contribution >= 0.6 is 0 Å². The van der Waals surface area contributed by atoms with Gasteiger partial charge in [-0.3, -0.25) is 9.89 Å². The molecular weight excluding hydrogens is 262 g/mol. The number of aromatic amines is 1. The minimum atomic E-state index is 0.0878. The van der Waals surface area contributed by atoms with Gasteiger partial charge in [-0.25, -0.2) is 0 Å². The minimum Gasteiger partial charge on any atom is -0.335 e. The normalized spacial score (nSPS) is 21.8. The highest BCUT2D eigenvalue weighted by Crippen LogP contribution is 2.34. The molecule has 4 heteroatoms. The molecule has 1 aliphatic rings. The number of hydrogen-bond donors (Lipinski definition) is 1. The molecule has 0 radical (unpaired) electrons. The topological polar surface area (TPSA) is 49.0 Å². The zero-order valence-corrected chi connectivity index (χ0v) is 12.8. The number of likely N-dealkylation sites (tertiary alicyclic amines) is 1. The summed E-state index contributed by atoms with van der Waals surface area (Å²) >= 11 is 0. The first-order valence-corrected chi connectivity index (χ1v) is 7.44. The molecule has 1 amide bonds. The van der Waals surface area contributed by atoms with Crippen molar-refractivity contribution in [1.29, 1.82) is 0 Å². The Hall–Kier alpha value is -2.10. The summed E-state index contributed by atoms with van der Waals surface area (Å²) in [5.74, 6) is 0.516. The highest BCUT2D eigenvalue weighted by Gasteiger charge is 2.34. The molecule has 1 N–H and O–H groups in total. The van der Waals surface area contributed by atoms with Gasteiger partial charge in [0.2, 0.25) is 0 Å². The van der Waals surface area contributed by atoms with Gasteiger partial charge in [-0.15, -0.1) is 0 Å². The van der Waals surface area contributed by atoms with E-state index in [-0.39, 0.29) is 11.9 Å². The third-order valence-electron chi connectivity index (χ3n) is 4.52. The highest BCUT2D eigenvalue weighted by atomic mass is 16.2. The van der Waals surface area contributed by atoms with E-state index in [1.165, 1.54) is 11.1 Å². The van der Waals surface area contributed by atoms with Gasteiger partial charge in [0, 0.05) is 24.2 Å². The number of carbonyl (C=O) groups is 1. The van der Waals surface area contributed by atoms with E-state index in [4.69, 9.17) is 0 Å². The molecule has 2 heterocycles. The first-order valence-electron chi connectivity index (χ1n) is 7.44. The fraction of sp³-hybridized carbons (Fsp3) is 0.412. The van der Waals surface area contributed by atoms with Gasteiger partial charge in [0.1, 0.15) is 0 Å². The standard InChI is InChI=1S/C17H21N3O/c1-11-6-4-5-7-15(11)14-8-12(2)20(10-14)17(21)16-9-18-19-13(16)3/h4-7,9,12,14H,8,10H2,1-3H3,(H,18,19)/t12-,14-/m1/s1. The molecule has 4 nitrogen and oxygen atoms in total. The number of rotatable bonds is 2. The van der Waals surface area contributed by atoms with Crippen LogP contribution in [0.25, 0.3) is 0 Å². The Morgan fingerprint density at radius 1 is 1.33 bits per heavy atom. The Labute approximate surface area is 125 Å². The molecule has 21 heavy (non-hydrogen) atoms. The molecule has 1 aliphatic heterocycles. The predicted molar refractivity (Wildman–Crippen MR) is 82.4 cm³/mol. The van der Waals surface area contributed by atoms with Gasteiger partial charge >= 0.3 is 0 Å². The summed E-state index contributed by atoms with van der Waals surface area (Å²) in [6.07, 6.45) is 2.65. The van der Waals surface area contributed by atoms with Crippen molar-refractivity contribution in [2.75, 3.05) is 6.54 Å². The van der Waals surface area contributed by atoms with Crippen molar-refractivity contribution in [3.8, 4) is 0 Å². The van der Waals surface area contributed by atoms with Crippen LogP contribution < -0.4 is 0 Å². The molecular formula is C17H21N3O. The van der Waals surface area contributed by atoms with Crippen molar-refractivity contribution in [2.45, 2.75) is 39.2 Å². The molecule has 1 fully saturated rings. The lowest BCUT2D eigenvalue weighted by molar-refractivity contribution is 0.0745. The number of H-pyrrole nitrogens is 1. The average Bonchev–Trinajstić information content (AvgIpc) is 3.05. The van der Waals surface area contributed by atoms with Gasteiger partial charge in [-0.2, -0.15) is 5.10 Å². The molecule has 0 spiro atoms. The van der Waals surface area contributed by atoms with E-state index in [1.807, 2.05) is 11.8 Å². The average molecular weight is 283 g/mol. The van der Waals surface area contributed by atoms with E-state index in [1.54, 1.807) is 6.20 Å². The summed E-state index contributed by atoms with van der Waals surface area (Å²) in [6, 6.07) is 8.73. The molecule has 1 aromatic carbocycles. The van der Waals surface area contributed by atoms with E-state index in [9.17, 15) is 4.79 Å². The van der Waals surface area contributed by atoms with Gasteiger partial charge in [-0.1, -0.05) is 24.3 Å². The van der Waals surface area contributed by atoms with Crippen molar-refractivity contribution >= 4 is 5.91 Å². The smallest absolute Gasteiger partial charge is 0.257 e. The number of aromatic nitrogens is 2. The van der Waals surface area contributed by atoms with Crippen molar-refractivity contribution in [3.63, 3.8) is 0 Å². The molecule has 0 bridgehead atoms. The highest BCUT2D eigenvalue weighted by molar-refractivity contribution is 5.95. The van der Waals surface area contributed by atoms with Crippen LogP contribution in [0.5, 0.6) is 0 Å². The molecule has 0 saturated carbocycles. The number of benzene rings is 1. The summed E-state index contributed by atoms with van der Waals surface area (Å²) in [4.78, 5) is 14.6. The first kappa shape index (κ1) is 13.9. The number of carbonyl (C=O) groups excluding carboxylic acids is 1. The maximum absolute atomic E-state index is 12.7. The Bertz CT molecular complexity index is 662. The van der Waals surface area contributed by atoms with Crippen LogP contribution in [0.2, 0.25) is 0 Å². The Morgan fingerprint density at radius 2 is 2.10 bits per heavy atom. The molecule has 0 aliphatic carbocycles. The number of aryl methyl sites for hydroxylation is 2. The summed E-state index contributed by atoms with van der Waals surface area (Å²) in [7, 11) is 0. The van der Waals surface area contributed by atoms with E-state index >= 15 is 0 Å². The Balaban J connectivity index is 1.82. The molecule has 1 saturated heterocycles. The van der Waals surface area contributed by atoms with Gasteiger partial charge < -0.3 is 4.90 Å². The van der Waals surface area contributed by atoms with Crippen LogP contribution in [0.15, 0.2) is 30.5 Å². The molecule has 0 unspecified atom stereocenters. The monoisotopic (exact) mass is 283 g/mol. The van der Waals surface area contributed by atoms with E-state index < -0.39 is 0 Å². The second-order valence-electron chi connectivity index (χ2n) is 6.00. The largest absolute Gasteiger partial charge is 0.335 e. The second-order valence-corrected chi connectivity index (χ2v) is 6.00. The van der Waals surface area contributed by atoms with Crippen LogP contribution in [0.1, 0.15) is 46.4 Å². The number of nitrogens with one attached hydrogen (secondary N) is 1. The summed E-state index contributed by atoms with van der Waals surface area (Å²) in [5, 5.41) is 6.80. The predicted octanol–water partition coefficient (Wildman–Crippen LogP) is 3.04. The summed E-state index contributed by atoms with van der Waals surface area (Å²) in [6.45, 7) is 6.95. The van der Waals surface area contributed by atoms with E-state index in [0.717, 1.165) is 18.7 Å². The van der Waals surface area contributed by atoms with Gasteiger partial charge in [-0.05, 0) is 38.3 Å².